The third-order valence-electron chi connectivity index (χ3n) is 12.4. The van der Waals surface area contributed by atoms with Crippen LogP contribution in [0.4, 0.5) is 5.69 Å². The number of rotatable bonds is 7. The molecule has 2 aromatic carbocycles. The summed E-state index contributed by atoms with van der Waals surface area (Å²) in [6.07, 6.45) is 2.23. The highest BCUT2D eigenvalue weighted by Gasteiger charge is 2.46. The second-order valence-corrected chi connectivity index (χ2v) is 17.5. The minimum atomic E-state index is -0.993. The standard InChI is InChI=1S/C42H44ClN9O5S/c1-23-24(2)58-42-35(23)37(27-7-9-28(43)10-8-27)44-30(38-47-46-25(3)51(38)42)21-34(54)50-19-17-48(18-20-50)22-26-13-15-49(16-14-26)31-6-4-5-29-36(31)41(57)52(40(29)56)32-11-12-33(53)45-39(32)55/h4-10,26,30,32H,11-22H2,1-3H3,(H,45,53,55)/t30-,32?/m0/s1. The van der Waals surface area contributed by atoms with E-state index >= 15 is 0 Å². The molecular formula is C42H44ClN9O5S. The molecule has 9 rings (SSSR count). The Labute approximate surface area is 344 Å². The highest BCUT2D eigenvalue weighted by atomic mass is 35.5. The number of nitrogens with zero attached hydrogens (tertiary/aromatic N) is 8. The summed E-state index contributed by atoms with van der Waals surface area (Å²) in [5.41, 5.74) is 5.30. The molecule has 3 fully saturated rings. The first-order valence-electron chi connectivity index (χ1n) is 19.9. The number of hydrogen-bond acceptors (Lipinski definition) is 11. The molecule has 300 valence electrons. The summed E-state index contributed by atoms with van der Waals surface area (Å²) in [6.45, 7) is 11.4. The Bertz CT molecular complexity index is 2390. The van der Waals surface area contributed by atoms with E-state index in [9.17, 15) is 24.0 Å². The lowest BCUT2D eigenvalue weighted by Gasteiger charge is -2.39. The number of fused-ring (bicyclic) bond motifs is 4. The second-order valence-electron chi connectivity index (χ2n) is 15.9. The van der Waals surface area contributed by atoms with Gasteiger partial charge >= 0.3 is 0 Å². The maximum atomic E-state index is 14.0. The Hall–Kier alpha value is -5.25. The Morgan fingerprint density at radius 2 is 1.62 bits per heavy atom. The van der Waals surface area contributed by atoms with Gasteiger partial charge < -0.3 is 9.80 Å². The van der Waals surface area contributed by atoms with Crippen LogP contribution in [0.2, 0.25) is 5.02 Å². The number of carbonyl (C=O) groups is 5. The topological polar surface area (TPSA) is 153 Å². The van der Waals surface area contributed by atoms with Crippen LogP contribution >= 0.6 is 22.9 Å². The predicted molar refractivity (Wildman–Crippen MR) is 219 cm³/mol. The summed E-state index contributed by atoms with van der Waals surface area (Å²) in [6, 6.07) is 11.5. The molecule has 16 heteroatoms. The van der Waals surface area contributed by atoms with Crippen molar-refractivity contribution in [3.05, 3.63) is 91.8 Å². The second kappa shape index (κ2) is 15.2. The highest BCUT2D eigenvalue weighted by Crippen LogP contribution is 2.40. The molecule has 58 heavy (non-hydrogen) atoms. The summed E-state index contributed by atoms with van der Waals surface area (Å²) in [5.74, 6) is -0.0600. The summed E-state index contributed by atoms with van der Waals surface area (Å²) >= 11 is 7.96. The quantitative estimate of drug-likeness (QED) is 0.263. The van der Waals surface area contributed by atoms with Crippen molar-refractivity contribution in [2.75, 3.05) is 50.7 Å². The third-order valence-corrected chi connectivity index (χ3v) is 13.8. The number of imide groups is 2. The Balaban J connectivity index is 0.829. The normalized spacial score (nSPS) is 21.4. The minimum absolute atomic E-state index is 0.0436. The van der Waals surface area contributed by atoms with Gasteiger partial charge in [0.15, 0.2) is 5.82 Å². The molecule has 4 aromatic rings. The maximum Gasteiger partial charge on any atom is 0.264 e. The average molecular weight is 822 g/mol. The molecule has 1 N–H and O–H groups in total. The van der Waals surface area contributed by atoms with E-state index in [4.69, 9.17) is 16.6 Å². The van der Waals surface area contributed by atoms with Gasteiger partial charge in [-0.25, -0.2) is 0 Å². The first-order valence-corrected chi connectivity index (χ1v) is 21.1. The van der Waals surface area contributed by atoms with Crippen LogP contribution in [0.1, 0.15) is 92.1 Å². The number of piperazine rings is 1. The zero-order valence-electron chi connectivity index (χ0n) is 32.7. The molecule has 0 saturated carbocycles. The van der Waals surface area contributed by atoms with Crippen LogP contribution in [0.5, 0.6) is 0 Å². The fourth-order valence-corrected chi connectivity index (χ4v) is 10.4. The minimum Gasteiger partial charge on any atom is -0.371 e. The van der Waals surface area contributed by atoms with E-state index in [0.717, 1.165) is 83.7 Å². The number of amides is 5. The molecule has 5 amide bonds. The summed E-state index contributed by atoms with van der Waals surface area (Å²) in [4.78, 5) is 79.5. The lowest BCUT2D eigenvalue weighted by Crippen LogP contribution is -2.54. The Kier molecular flexibility index (Phi) is 10.0. The lowest BCUT2D eigenvalue weighted by molar-refractivity contribution is -0.136. The van der Waals surface area contributed by atoms with Crippen molar-refractivity contribution in [1.82, 2.24) is 34.8 Å². The van der Waals surface area contributed by atoms with Gasteiger partial charge in [-0.05, 0) is 75.8 Å². The average Bonchev–Trinajstić information content (AvgIpc) is 3.79. The molecule has 0 aliphatic carbocycles. The van der Waals surface area contributed by atoms with Crippen LogP contribution in [-0.2, 0) is 14.4 Å². The van der Waals surface area contributed by atoms with E-state index in [0.29, 0.717) is 46.7 Å². The molecule has 5 aliphatic heterocycles. The van der Waals surface area contributed by atoms with E-state index in [-0.39, 0.29) is 25.2 Å². The number of carbonyl (C=O) groups excluding carboxylic acids is 5. The molecule has 0 radical (unpaired) electrons. The SMILES string of the molecule is Cc1sc2c(c1C)C(c1ccc(Cl)cc1)=N[C@@H](CC(=O)N1CCN(CC3CCN(c4cccc5c4C(=O)N(C4CCC(=O)NC4=O)C5=O)CC3)CC1)c1nnc(C)n1-2. The van der Waals surface area contributed by atoms with Crippen LogP contribution in [0.3, 0.4) is 0 Å². The number of thiophene rings is 1. The maximum absolute atomic E-state index is 14.0. The third kappa shape index (κ3) is 6.72. The van der Waals surface area contributed by atoms with Crippen molar-refractivity contribution in [3.8, 4) is 5.00 Å². The van der Waals surface area contributed by atoms with Crippen LogP contribution in [-0.4, -0.2) is 117 Å². The number of aryl methyl sites for hydroxylation is 2. The van der Waals surface area contributed by atoms with Gasteiger partial charge in [-0.2, -0.15) is 0 Å². The highest BCUT2D eigenvalue weighted by molar-refractivity contribution is 7.15. The lowest BCUT2D eigenvalue weighted by atomic mass is 9.94. The number of halogens is 1. The van der Waals surface area contributed by atoms with Crippen LogP contribution < -0.4 is 10.2 Å². The molecule has 7 heterocycles. The van der Waals surface area contributed by atoms with Gasteiger partial charge in [0.1, 0.15) is 22.9 Å². The Morgan fingerprint density at radius 1 is 0.879 bits per heavy atom. The molecule has 14 nitrogen and oxygen atoms in total. The number of benzene rings is 2. The molecule has 3 saturated heterocycles. The van der Waals surface area contributed by atoms with Crippen molar-refractivity contribution in [2.45, 2.75) is 65.0 Å². The smallest absolute Gasteiger partial charge is 0.264 e. The largest absolute Gasteiger partial charge is 0.371 e. The van der Waals surface area contributed by atoms with E-state index in [2.05, 4.69) is 43.7 Å². The van der Waals surface area contributed by atoms with Gasteiger partial charge in [0.25, 0.3) is 11.8 Å². The molecular weight excluding hydrogens is 778 g/mol. The molecule has 1 unspecified atom stereocenters. The Morgan fingerprint density at radius 3 is 2.34 bits per heavy atom. The molecule has 0 bridgehead atoms. The van der Waals surface area contributed by atoms with Crippen molar-refractivity contribution in [2.24, 2.45) is 10.9 Å². The molecule has 5 aliphatic rings. The van der Waals surface area contributed by atoms with Gasteiger partial charge in [0, 0.05) is 73.3 Å². The van der Waals surface area contributed by atoms with Crippen LogP contribution in [0.15, 0.2) is 47.5 Å². The van der Waals surface area contributed by atoms with Crippen molar-refractivity contribution in [3.63, 3.8) is 0 Å². The van der Waals surface area contributed by atoms with E-state index in [1.807, 2.05) is 42.2 Å². The van der Waals surface area contributed by atoms with Crippen LogP contribution in [0.25, 0.3) is 5.00 Å². The fourth-order valence-electron chi connectivity index (χ4n) is 9.09. The summed E-state index contributed by atoms with van der Waals surface area (Å²) in [7, 11) is 0. The first kappa shape index (κ1) is 38.3. The van der Waals surface area contributed by atoms with E-state index < -0.39 is 35.7 Å². The number of anilines is 1. The van der Waals surface area contributed by atoms with E-state index in [1.165, 1.54) is 4.88 Å². The predicted octanol–water partition coefficient (Wildman–Crippen LogP) is 4.65. The molecule has 2 aromatic heterocycles. The van der Waals surface area contributed by atoms with Gasteiger partial charge in [-0.15, -0.1) is 21.5 Å². The van der Waals surface area contributed by atoms with Gasteiger partial charge in [-0.1, -0.05) is 29.8 Å². The summed E-state index contributed by atoms with van der Waals surface area (Å²) in [5, 5.41) is 12.9. The zero-order valence-corrected chi connectivity index (χ0v) is 34.2. The number of aliphatic imine (C=N–C) groups is 1. The molecule has 2 atom stereocenters. The van der Waals surface area contributed by atoms with Crippen LogP contribution in [0, 0.1) is 26.7 Å². The number of piperidine rings is 2. The van der Waals surface area contributed by atoms with Gasteiger partial charge in [-0.3, -0.25) is 48.6 Å². The van der Waals surface area contributed by atoms with Crippen molar-refractivity contribution < 1.29 is 24.0 Å². The first-order chi connectivity index (χ1) is 28.0. The zero-order chi connectivity index (χ0) is 40.4. The van der Waals surface area contributed by atoms with Gasteiger partial charge in [0.05, 0.1) is 28.9 Å². The monoisotopic (exact) mass is 821 g/mol. The van der Waals surface area contributed by atoms with Crippen molar-refractivity contribution >= 4 is 63.9 Å². The van der Waals surface area contributed by atoms with Gasteiger partial charge in [0.2, 0.25) is 17.7 Å². The summed E-state index contributed by atoms with van der Waals surface area (Å²) < 4.78 is 2.08. The number of nitrogens with one attached hydrogen (secondary N) is 1. The molecule has 0 spiro atoms. The fraction of sp³-hybridized carbons (Fsp3) is 0.429. The van der Waals surface area contributed by atoms with E-state index in [1.54, 1.807) is 23.5 Å². The number of aromatic nitrogens is 3. The number of hydrogen-bond donors (Lipinski definition) is 1. The van der Waals surface area contributed by atoms with Crippen molar-refractivity contribution in [1.29, 1.82) is 0 Å².